The molecule has 0 aliphatic rings. The van der Waals surface area contributed by atoms with E-state index in [1.54, 1.807) is 48.9 Å². The number of carbonyl (C=O) groups is 2. The number of primary amides is 1. The molecule has 1 unspecified atom stereocenters. The van der Waals surface area contributed by atoms with Crippen LogP contribution in [0.4, 0.5) is 0 Å². The summed E-state index contributed by atoms with van der Waals surface area (Å²) in [4.78, 5) is 31.7. The second-order valence-corrected chi connectivity index (χ2v) is 5.66. The standard InChI is InChI=1S/C19H20N6O2/c1-12(14(10-20)17(21)15-6-2-3-8-24-15)25-16(18(26)19(22)27)9-13-5-4-7-23-11-13/h2-8,10-11,16,20,25H,1,9,21H2,(H2,22,27)/b17-14+,20-10?. The number of nitrogens with zero attached hydrogens (tertiary/aromatic N) is 2. The van der Waals surface area contributed by atoms with Crippen molar-refractivity contribution < 1.29 is 9.59 Å². The van der Waals surface area contributed by atoms with E-state index < -0.39 is 17.7 Å². The fourth-order valence-corrected chi connectivity index (χ4v) is 2.41. The molecule has 0 spiro atoms. The van der Waals surface area contributed by atoms with E-state index in [0.717, 1.165) is 11.8 Å². The zero-order valence-electron chi connectivity index (χ0n) is 14.6. The summed E-state index contributed by atoms with van der Waals surface area (Å²) in [5.41, 5.74) is 13.1. The van der Waals surface area contributed by atoms with Crippen LogP contribution in [0.1, 0.15) is 11.3 Å². The molecule has 0 radical (unpaired) electrons. The molecule has 138 valence electrons. The van der Waals surface area contributed by atoms with Crippen molar-refractivity contribution in [1.82, 2.24) is 15.3 Å². The Balaban J connectivity index is 2.29. The number of hydrogen-bond donors (Lipinski definition) is 4. The minimum atomic E-state index is -1.07. The Hall–Kier alpha value is -3.81. The number of carbonyl (C=O) groups excluding carboxylic acids is 2. The second-order valence-electron chi connectivity index (χ2n) is 5.66. The highest BCUT2D eigenvalue weighted by atomic mass is 16.2. The van der Waals surface area contributed by atoms with Gasteiger partial charge in [0, 0.05) is 42.5 Å². The summed E-state index contributed by atoms with van der Waals surface area (Å²) < 4.78 is 0. The van der Waals surface area contributed by atoms with Crippen LogP contribution in [0.25, 0.3) is 5.70 Å². The van der Waals surface area contributed by atoms with Crippen molar-refractivity contribution in [3.05, 3.63) is 78.0 Å². The van der Waals surface area contributed by atoms with Crippen molar-refractivity contribution >= 4 is 23.6 Å². The van der Waals surface area contributed by atoms with Gasteiger partial charge in [-0.1, -0.05) is 18.7 Å². The molecule has 27 heavy (non-hydrogen) atoms. The van der Waals surface area contributed by atoms with Gasteiger partial charge in [-0.3, -0.25) is 19.6 Å². The van der Waals surface area contributed by atoms with Crippen LogP contribution >= 0.6 is 0 Å². The number of pyridine rings is 2. The molecule has 8 heteroatoms. The minimum Gasteiger partial charge on any atom is -0.396 e. The molecule has 8 nitrogen and oxygen atoms in total. The summed E-state index contributed by atoms with van der Waals surface area (Å²) in [6.45, 7) is 3.85. The van der Waals surface area contributed by atoms with E-state index >= 15 is 0 Å². The number of Topliss-reactive ketones (excluding diaryl/α,β-unsaturated/α-hetero) is 1. The van der Waals surface area contributed by atoms with E-state index in [2.05, 4.69) is 21.9 Å². The van der Waals surface area contributed by atoms with Gasteiger partial charge in [-0.25, -0.2) is 0 Å². The first kappa shape index (κ1) is 19.5. The Labute approximate surface area is 156 Å². The van der Waals surface area contributed by atoms with Gasteiger partial charge >= 0.3 is 0 Å². The number of ketones is 1. The number of rotatable bonds is 9. The molecule has 0 aliphatic heterocycles. The van der Waals surface area contributed by atoms with Gasteiger partial charge in [0.15, 0.2) is 0 Å². The fourth-order valence-electron chi connectivity index (χ4n) is 2.41. The molecular weight excluding hydrogens is 344 g/mol. The van der Waals surface area contributed by atoms with Crippen molar-refractivity contribution in [2.24, 2.45) is 11.5 Å². The van der Waals surface area contributed by atoms with Crippen molar-refractivity contribution in [1.29, 1.82) is 5.41 Å². The minimum absolute atomic E-state index is 0.170. The third-order valence-corrected chi connectivity index (χ3v) is 3.77. The Kier molecular flexibility index (Phi) is 6.54. The van der Waals surface area contributed by atoms with Gasteiger partial charge < -0.3 is 22.2 Å². The highest BCUT2D eigenvalue weighted by molar-refractivity contribution is 6.37. The predicted molar refractivity (Wildman–Crippen MR) is 102 cm³/mol. The van der Waals surface area contributed by atoms with Gasteiger partial charge in [0.25, 0.3) is 5.91 Å². The van der Waals surface area contributed by atoms with Crippen LogP contribution < -0.4 is 16.8 Å². The van der Waals surface area contributed by atoms with Crippen molar-refractivity contribution in [3.8, 4) is 0 Å². The van der Waals surface area contributed by atoms with Crippen LogP contribution in [0.15, 0.2) is 66.8 Å². The van der Waals surface area contributed by atoms with Crippen molar-refractivity contribution in [3.63, 3.8) is 0 Å². The average molecular weight is 364 g/mol. The lowest BCUT2D eigenvalue weighted by molar-refractivity contribution is -0.137. The SMILES string of the molecule is C=C(NC(Cc1cccnc1)C(=O)C(N)=O)/C(C=N)=C(/N)c1ccccn1. The Morgan fingerprint density at radius 1 is 1.22 bits per heavy atom. The van der Waals surface area contributed by atoms with E-state index in [9.17, 15) is 9.59 Å². The lowest BCUT2D eigenvalue weighted by Gasteiger charge is -2.20. The van der Waals surface area contributed by atoms with Gasteiger partial charge in [-0.15, -0.1) is 0 Å². The first-order chi connectivity index (χ1) is 12.9. The second kappa shape index (κ2) is 9.04. The Bertz CT molecular complexity index is 878. The van der Waals surface area contributed by atoms with Crippen LogP contribution in [-0.2, 0) is 16.0 Å². The summed E-state index contributed by atoms with van der Waals surface area (Å²) >= 11 is 0. The van der Waals surface area contributed by atoms with E-state index in [1.807, 2.05) is 0 Å². The highest BCUT2D eigenvalue weighted by Gasteiger charge is 2.25. The summed E-state index contributed by atoms with van der Waals surface area (Å²) in [6.07, 6.45) is 5.94. The Morgan fingerprint density at radius 2 is 2.00 bits per heavy atom. The van der Waals surface area contributed by atoms with Crippen molar-refractivity contribution in [2.75, 3.05) is 0 Å². The van der Waals surface area contributed by atoms with Gasteiger partial charge in [0.05, 0.1) is 17.4 Å². The van der Waals surface area contributed by atoms with Crippen LogP contribution in [0.2, 0.25) is 0 Å². The fraction of sp³-hybridized carbons (Fsp3) is 0.105. The zero-order chi connectivity index (χ0) is 19.8. The summed E-state index contributed by atoms with van der Waals surface area (Å²) in [5.74, 6) is -1.87. The summed E-state index contributed by atoms with van der Waals surface area (Å²) in [6, 6.07) is 7.71. The molecule has 2 aromatic rings. The van der Waals surface area contributed by atoms with E-state index in [4.69, 9.17) is 16.9 Å². The molecule has 2 heterocycles. The number of allylic oxidation sites excluding steroid dienone is 1. The first-order valence-electron chi connectivity index (χ1n) is 8.04. The van der Waals surface area contributed by atoms with Crippen LogP contribution in [-0.4, -0.2) is 33.9 Å². The van der Waals surface area contributed by atoms with Gasteiger partial charge in [0.1, 0.15) is 0 Å². The topological polar surface area (TPSA) is 148 Å². The highest BCUT2D eigenvalue weighted by Crippen LogP contribution is 2.15. The van der Waals surface area contributed by atoms with Crippen LogP contribution in [0.3, 0.4) is 0 Å². The Morgan fingerprint density at radius 3 is 2.56 bits per heavy atom. The van der Waals surface area contributed by atoms with E-state index in [1.165, 1.54) is 0 Å². The number of nitrogens with two attached hydrogens (primary N) is 2. The molecule has 1 amide bonds. The monoisotopic (exact) mass is 364 g/mol. The maximum atomic E-state index is 12.2. The normalized spacial score (nSPS) is 12.4. The zero-order valence-corrected chi connectivity index (χ0v) is 14.6. The summed E-state index contributed by atoms with van der Waals surface area (Å²) in [7, 11) is 0. The smallest absolute Gasteiger partial charge is 0.287 e. The molecule has 0 saturated carbocycles. The third-order valence-electron chi connectivity index (χ3n) is 3.77. The average Bonchev–Trinajstić information content (AvgIpc) is 2.68. The largest absolute Gasteiger partial charge is 0.396 e. The third kappa shape index (κ3) is 5.08. The number of hydrogen-bond acceptors (Lipinski definition) is 7. The molecule has 0 aromatic carbocycles. The maximum absolute atomic E-state index is 12.2. The molecule has 0 saturated heterocycles. The maximum Gasteiger partial charge on any atom is 0.287 e. The number of nitrogens with one attached hydrogen (secondary N) is 2. The molecule has 0 fully saturated rings. The van der Waals surface area contributed by atoms with Crippen LogP contribution in [0.5, 0.6) is 0 Å². The van der Waals surface area contributed by atoms with Gasteiger partial charge in [-0.2, -0.15) is 0 Å². The lowest BCUT2D eigenvalue weighted by Crippen LogP contribution is -2.44. The molecule has 1 atom stereocenters. The molecule has 2 aromatic heterocycles. The quantitative estimate of drug-likeness (QED) is 0.290. The van der Waals surface area contributed by atoms with Crippen LogP contribution in [0, 0.1) is 5.41 Å². The van der Waals surface area contributed by atoms with E-state index in [-0.39, 0.29) is 23.4 Å². The van der Waals surface area contributed by atoms with Gasteiger partial charge in [-0.05, 0) is 23.8 Å². The first-order valence-corrected chi connectivity index (χ1v) is 8.04. The van der Waals surface area contributed by atoms with Gasteiger partial charge in [0.2, 0.25) is 5.78 Å². The van der Waals surface area contributed by atoms with Crippen molar-refractivity contribution in [2.45, 2.75) is 12.5 Å². The number of aromatic nitrogens is 2. The van der Waals surface area contributed by atoms with E-state index in [0.29, 0.717) is 5.69 Å². The molecule has 2 rings (SSSR count). The molecule has 0 bridgehead atoms. The predicted octanol–water partition coefficient (Wildman–Crippen LogP) is 0.565. The molecule has 0 aliphatic carbocycles. The number of amides is 1. The molecular formula is C19H20N6O2. The molecule has 6 N–H and O–H groups in total. The summed E-state index contributed by atoms with van der Waals surface area (Å²) in [5, 5.41) is 10.5. The lowest BCUT2D eigenvalue weighted by atomic mass is 10.0.